The molecule has 37 heavy (non-hydrogen) atoms. The summed E-state index contributed by atoms with van der Waals surface area (Å²) in [4.78, 5) is 25.4. The van der Waals surface area contributed by atoms with Crippen LogP contribution >= 0.6 is 15.9 Å². The molecule has 3 atom stereocenters. The van der Waals surface area contributed by atoms with Crippen LogP contribution in [-0.2, 0) is 23.3 Å². The molecule has 0 radical (unpaired) electrons. The lowest BCUT2D eigenvalue weighted by Crippen LogP contribution is -2.34. The van der Waals surface area contributed by atoms with E-state index in [9.17, 15) is 49.1 Å². The van der Waals surface area contributed by atoms with Crippen LogP contribution in [0.5, 0.6) is 0 Å². The van der Waals surface area contributed by atoms with Crippen molar-refractivity contribution in [3.63, 3.8) is 0 Å². The van der Waals surface area contributed by atoms with Gasteiger partial charge in [0.05, 0.1) is 33.2 Å². The van der Waals surface area contributed by atoms with Crippen LogP contribution in [0.3, 0.4) is 0 Å². The number of carbonyl (C=O) groups excluding carboxylic acids is 2. The number of rotatable bonds is 5. The second-order valence-electron chi connectivity index (χ2n) is 8.22. The average molecular weight is 606 g/mol. The number of hydrogen-bond acceptors (Lipinski definition) is 3. The van der Waals surface area contributed by atoms with Crippen LogP contribution in [0.15, 0.2) is 36.4 Å². The maximum atomic E-state index is 13.4. The molecule has 2 aromatic carbocycles. The number of carbonyl (C=O) groups is 2. The van der Waals surface area contributed by atoms with Crippen LogP contribution in [0, 0.1) is 0 Å². The minimum absolute atomic E-state index is 0.104. The summed E-state index contributed by atoms with van der Waals surface area (Å²) in [6, 6.07) is 1.24. The molecule has 1 saturated heterocycles. The summed E-state index contributed by atoms with van der Waals surface area (Å²) in [5.41, 5.74) is -6.07. The predicted molar refractivity (Wildman–Crippen MR) is 116 cm³/mol. The van der Waals surface area contributed by atoms with Crippen molar-refractivity contribution in [2.24, 2.45) is 0 Å². The Morgan fingerprint density at radius 2 is 1.43 bits per heavy atom. The molecular formula is C23H17BrF9NO3. The lowest BCUT2D eigenvalue weighted by atomic mass is 9.96. The Labute approximate surface area is 212 Å². The molecule has 0 N–H and O–H groups in total. The molecule has 4 nitrogen and oxygen atoms in total. The van der Waals surface area contributed by atoms with Crippen molar-refractivity contribution in [3.05, 3.63) is 64.2 Å². The molecule has 0 saturated carbocycles. The minimum atomic E-state index is -5.17. The van der Waals surface area contributed by atoms with Gasteiger partial charge in [-0.05, 0) is 55.3 Å². The van der Waals surface area contributed by atoms with Crippen molar-refractivity contribution < 1.29 is 53.8 Å². The van der Waals surface area contributed by atoms with Crippen molar-refractivity contribution in [2.45, 2.75) is 55.8 Å². The maximum Gasteiger partial charge on any atom is 0.416 e. The first kappa shape index (κ1) is 28.8. The van der Waals surface area contributed by atoms with E-state index < -0.39 is 75.3 Å². The Kier molecular flexibility index (Phi) is 7.66. The maximum absolute atomic E-state index is 13.4. The van der Waals surface area contributed by atoms with E-state index in [1.165, 1.54) is 6.92 Å². The van der Waals surface area contributed by atoms with Gasteiger partial charge in [-0.2, -0.15) is 39.5 Å². The van der Waals surface area contributed by atoms with Gasteiger partial charge in [0.1, 0.15) is 6.10 Å². The van der Waals surface area contributed by atoms with Crippen LogP contribution in [0.4, 0.5) is 50.0 Å². The Balaban J connectivity index is 2.16. The molecule has 1 unspecified atom stereocenters. The highest BCUT2D eigenvalue weighted by Crippen LogP contribution is 2.43. The number of ketones is 1. The van der Waals surface area contributed by atoms with Gasteiger partial charge in [-0.25, -0.2) is 4.79 Å². The highest BCUT2D eigenvalue weighted by molar-refractivity contribution is 9.10. The van der Waals surface area contributed by atoms with E-state index in [0.29, 0.717) is 29.2 Å². The van der Waals surface area contributed by atoms with Crippen LogP contribution < -0.4 is 4.90 Å². The van der Waals surface area contributed by atoms with Gasteiger partial charge in [-0.1, -0.05) is 22.9 Å². The standard InChI is InChI=1S/C23H17BrF9NO3/c1-3-16(24)18(35)15-5-4-12(21(25,26)27)9-17(15)34-10(2)19(37-20(34)36)11-6-13(22(28,29)30)8-14(7-11)23(31,32)33/h4-10,16,19H,3H2,1-2H3/t10-,16?,19-/m0/s1. The number of alkyl halides is 10. The van der Waals surface area contributed by atoms with Crippen molar-refractivity contribution in [1.82, 2.24) is 0 Å². The number of anilines is 1. The van der Waals surface area contributed by atoms with Gasteiger partial charge in [0.2, 0.25) is 0 Å². The number of Topliss-reactive ketones (excluding diaryl/α,β-unsaturated/α-hetero) is 1. The Morgan fingerprint density at radius 3 is 1.89 bits per heavy atom. The van der Waals surface area contributed by atoms with E-state index in [1.54, 1.807) is 6.92 Å². The zero-order chi connectivity index (χ0) is 28.1. The van der Waals surface area contributed by atoms with E-state index in [-0.39, 0.29) is 18.1 Å². The third kappa shape index (κ3) is 5.88. The third-order valence-electron chi connectivity index (χ3n) is 5.70. The molecule has 1 aliphatic heterocycles. The van der Waals surface area contributed by atoms with Crippen LogP contribution in [0.1, 0.15) is 59.0 Å². The van der Waals surface area contributed by atoms with E-state index in [2.05, 4.69) is 15.9 Å². The van der Waals surface area contributed by atoms with E-state index in [4.69, 9.17) is 4.74 Å². The molecular weight excluding hydrogens is 589 g/mol. The van der Waals surface area contributed by atoms with Gasteiger partial charge in [-0.15, -0.1) is 0 Å². The first-order chi connectivity index (χ1) is 16.9. The number of amides is 1. The van der Waals surface area contributed by atoms with E-state index in [1.807, 2.05) is 0 Å². The van der Waals surface area contributed by atoms with Crippen LogP contribution in [0.2, 0.25) is 0 Å². The molecule has 1 fully saturated rings. The summed E-state index contributed by atoms with van der Waals surface area (Å²) in [7, 11) is 0. The van der Waals surface area contributed by atoms with Gasteiger partial charge >= 0.3 is 24.6 Å². The number of cyclic esters (lactones) is 1. The van der Waals surface area contributed by atoms with Crippen molar-refractivity contribution in [1.29, 1.82) is 0 Å². The first-order valence-electron chi connectivity index (χ1n) is 10.5. The molecule has 1 amide bonds. The second-order valence-corrected chi connectivity index (χ2v) is 9.33. The molecule has 1 aliphatic rings. The lowest BCUT2D eigenvalue weighted by Gasteiger charge is -2.25. The molecule has 0 bridgehead atoms. The minimum Gasteiger partial charge on any atom is -0.439 e. The molecule has 2 aromatic rings. The molecule has 0 spiro atoms. The molecule has 3 rings (SSSR count). The zero-order valence-electron chi connectivity index (χ0n) is 18.9. The number of ether oxygens (including phenoxy) is 1. The summed E-state index contributed by atoms with van der Waals surface area (Å²) >= 11 is 3.09. The number of nitrogens with zero attached hydrogens (tertiary/aromatic N) is 1. The van der Waals surface area contributed by atoms with Crippen molar-refractivity contribution in [2.75, 3.05) is 4.90 Å². The predicted octanol–water partition coefficient (Wildman–Crippen LogP) is 8.19. The fraction of sp³-hybridized carbons (Fsp3) is 0.391. The second kappa shape index (κ2) is 9.84. The van der Waals surface area contributed by atoms with Gasteiger partial charge in [0, 0.05) is 5.56 Å². The zero-order valence-corrected chi connectivity index (χ0v) is 20.4. The lowest BCUT2D eigenvalue weighted by molar-refractivity contribution is -0.143. The quantitative estimate of drug-likeness (QED) is 0.196. The Hall–Kier alpha value is -2.77. The highest BCUT2D eigenvalue weighted by Gasteiger charge is 2.45. The highest BCUT2D eigenvalue weighted by atomic mass is 79.9. The Morgan fingerprint density at radius 1 is 0.919 bits per heavy atom. The first-order valence-corrected chi connectivity index (χ1v) is 11.5. The van der Waals surface area contributed by atoms with Gasteiger partial charge in [0.25, 0.3) is 0 Å². The SMILES string of the molecule is CCC(Br)C(=O)c1ccc(C(F)(F)F)cc1N1C(=O)O[C@H](c2cc(C(F)(F)F)cc(C(F)(F)F)c2)[C@@H]1C. The number of hydrogen-bond donors (Lipinski definition) is 0. The smallest absolute Gasteiger partial charge is 0.416 e. The topological polar surface area (TPSA) is 46.6 Å². The van der Waals surface area contributed by atoms with Crippen molar-refractivity contribution in [3.8, 4) is 0 Å². The van der Waals surface area contributed by atoms with E-state index >= 15 is 0 Å². The summed E-state index contributed by atoms with van der Waals surface area (Å²) < 4.78 is 125. The largest absolute Gasteiger partial charge is 0.439 e. The summed E-state index contributed by atoms with van der Waals surface area (Å²) in [5.74, 6) is -0.687. The summed E-state index contributed by atoms with van der Waals surface area (Å²) in [5, 5.41) is 0. The van der Waals surface area contributed by atoms with Crippen LogP contribution in [0.25, 0.3) is 0 Å². The summed E-state index contributed by atoms with van der Waals surface area (Å²) in [6.45, 7) is 2.78. The Bertz CT molecular complexity index is 1180. The fourth-order valence-electron chi connectivity index (χ4n) is 3.84. The van der Waals surface area contributed by atoms with Crippen LogP contribution in [-0.4, -0.2) is 22.7 Å². The molecule has 14 heteroatoms. The van der Waals surface area contributed by atoms with Gasteiger partial charge in [-0.3, -0.25) is 9.69 Å². The number of halogens is 10. The summed E-state index contributed by atoms with van der Waals surface area (Å²) in [6.07, 6.45) is -18.1. The third-order valence-corrected chi connectivity index (χ3v) is 6.76. The molecule has 0 aromatic heterocycles. The number of benzene rings is 2. The molecule has 1 heterocycles. The normalized spacial score (nSPS) is 19.7. The average Bonchev–Trinajstić information content (AvgIpc) is 3.09. The van der Waals surface area contributed by atoms with E-state index in [0.717, 1.165) is 6.07 Å². The molecule has 0 aliphatic carbocycles. The van der Waals surface area contributed by atoms with Gasteiger partial charge in [0.15, 0.2) is 5.78 Å². The fourth-order valence-corrected chi connectivity index (χ4v) is 4.09. The molecule has 202 valence electrons. The van der Waals surface area contributed by atoms with Crippen molar-refractivity contribution >= 4 is 33.5 Å². The monoisotopic (exact) mass is 605 g/mol. The van der Waals surface area contributed by atoms with Gasteiger partial charge < -0.3 is 4.74 Å².